The van der Waals surface area contributed by atoms with E-state index < -0.39 is 0 Å². The first-order chi connectivity index (χ1) is 13.8. The van der Waals surface area contributed by atoms with Gasteiger partial charge in [0.1, 0.15) is 0 Å². The number of carbonyl (C=O) groups is 2. The Hall–Kier alpha value is -3.09. The fourth-order valence-electron chi connectivity index (χ4n) is 2.76. The summed E-state index contributed by atoms with van der Waals surface area (Å²) in [6.45, 7) is 10.9. The smallest absolute Gasteiger partial charge is 0.321 e. The van der Waals surface area contributed by atoms with Gasteiger partial charge in [-0.2, -0.15) is 0 Å². The molecule has 0 saturated carbocycles. The second-order valence-corrected chi connectivity index (χ2v) is 6.97. The highest BCUT2D eigenvalue weighted by molar-refractivity contribution is 5.94. The number of hydrogen-bond donors (Lipinski definition) is 2. The van der Waals surface area contributed by atoms with Crippen molar-refractivity contribution in [3.63, 3.8) is 0 Å². The van der Waals surface area contributed by atoms with Crippen LogP contribution in [0.15, 0.2) is 42.6 Å². The van der Waals surface area contributed by atoms with Crippen LogP contribution in [0.3, 0.4) is 0 Å². The lowest BCUT2D eigenvalue weighted by molar-refractivity contribution is 0.0939. The molecule has 0 bridgehead atoms. The van der Waals surface area contributed by atoms with Crippen LogP contribution in [-0.2, 0) is 0 Å². The number of anilines is 1. The molecule has 1 aromatic heterocycles. The van der Waals surface area contributed by atoms with Crippen LogP contribution in [-0.4, -0.2) is 41.0 Å². The molecule has 2 aromatic rings. The van der Waals surface area contributed by atoms with Crippen molar-refractivity contribution < 1.29 is 14.3 Å². The Balaban J connectivity index is 1.95. The maximum atomic E-state index is 12.5. The number of pyridine rings is 1. The summed E-state index contributed by atoms with van der Waals surface area (Å²) in [6.07, 6.45) is 1.54. The van der Waals surface area contributed by atoms with Crippen LogP contribution in [0, 0.1) is 0 Å². The zero-order chi connectivity index (χ0) is 21.4. The van der Waals surface area contributed by atoms with Crippen molar-refractivity contribution in [3.05, 3.63) is 53.7 Å². The Kier molecular flexibility index (Phi) is 8.00. The first kappa shape index (κ1) is 22.2. The van der Waals surface area contributed by atoms with E-state index in [0.717, 1.165) is 5.56 Å². The maximum absolute atomic E-state index is 12.5. The van der Waals surface area contributed by atoms with Gasteiger partial charge in [-0.25, -0.2) is 9.78 Å². The van der Waals surface area contributed by atoms with Gasteiger partial charge in [-0.15, -0.1) is 0 Å². The molecular formula is C22H30N4O3. The fourth-order valence-corrected chi connectivity index (χ4v) is 2.76. The number of amides is 3. The lowest BCUT2D eigenvalue weighted by Crippen LogP contribution is -2.34. The van der Waals surface area contributed by atoms with E-state index in [1.54, 1.807) is 17.0 Å². The molecule has 0 aliphatic rings. The lowest BCUT2D eigenvalue weighted by Gasteiger charge is -2.19. The number of ether oxygens (including phenoxy) is 1. The minimum absolute atomic E-state index is 0.0296. The number of hydrogen-bond acceptors (Lipinski definition) is 4. The van der Waals surface area contributed by atoms with Crippen LogP contribution in [0.1, 0.15) is 56.6 Å². The molecule has 1 unspecified atom stereocenters. The molecule has 0 spiro atoms. The molecule has 7 heteroatoms. The van der Waals surface area contributed by atoms with Crippen LogP contribution in [0.2, 0.25) is 0 Å². The summed E-state index contributed by atoms with van der Waals surface area (Å²) < 4.78 is 5.49. The normalized spacial score (nSPS) is 11.7. The second kappa shape index (κ2) is 10.5. The molecule has 7 nitrogen and oxygen atoms in total. The molecule has 2 rings (SSSR count). The van der Waals surface area contributed by atoms with E-state index in [4.69, 9.17) is 4.74 Å². The van der Waals surface area contributed by atoms with Crippen molar-refractivity contribution in [3.8, 4) is 5.88 Å². The highest BCUT2D eigenvalue weighted by Crippen LogP contribution is 2.17. The van der Waals surface area contributed by atoms with Crippen LogP contribution >= 0.6 is 0 Å². The SMILES string of the molecule is CCN(CC)C(=O)Nc1ccc(C(C)NC(=O)c2ccc(OC(C)C)nc2)cc1. The van der Waals surface area contributed by atoms with Gasteiger partial charge in [-0.3, -0.25) is 4.79 Å². The Morgan fingerprint density at radius 2 is 1.69 bits per heavy atom. The number of aromatic nitrogens is 1. The van der Waals surface area contributed by atoms with E-state index in [1.165, 1.54) is 6.20 Å². The number of nitrogens with zero attached hydrogens (tertiary/aromatic N) is 2. The molecule has 0 aliphatic heterocycles. The first-order valence-corrected chi connectivity index (χ1v) is 9.93. The summed E-state index contributed by atoms with van der Waals surface area (Å²) in [5.74, 6) is 0.284. The summed E-state index contributed by atoms with van der Waals surface area (Å²) in [5, 5.41) is 5.83. The molecule has 2 N–H and O–H groups in total. The summed E-state index contributed by atoms with van der Waals surface area (Å²) in [5.41, 5.74) is 2.12. The van der Waals surface area contributed by atoms with E-state index >= 15 is 0 Å². The second-order valence-electron chi connectivity index (χ2n) is 6.97. The minimum atomic E-state index is -0.208. The molecule has 3 amide bonds. The summed E-state index contributed by atoms with van der Waals surface area (Å²) in [7, 11) is 0. The van der Waals surface area contributed by atoms with E-state index in [-0.39, 0.29) is 24.1 Å². The predicted octanol–water partition coefficient (Wildman–Crippen LogP) is 4.23. The van der Waals surface area contributed by atoms with Gasteiger partial charge >= 0.3 is 6.03 Å². The third kappa shape index (κ3) is 6.48. The van der Waals surface area contributed by atoms with Gasteiger partial charge in [0.15, 0.2) is 0 Å². The van der Waals surface area contributed by atoms with E-state index in [0.29, 0.717) is 30.2 Å². The zero-order valence-corrected chi connectivity index (χ0v) is 17.7. The topological polar surface area (TPSA) is 83.6 Å². The average Bonchev–Trinajstić information content (AvgIpc) is 2.69. The van der Waals surface area contributed by atoms with Gasteiger partial charge < -0.3 is 20.3 Å². The molecule has 0 saturated heterocycles. The van der Waals surface area contributed by atoms with Gasteiger partial charge in [0, 0.05) is 31.0 Å². The monoisotopic (exact) mass is 398 g/mol. The molecule has 0 fully saturated rings. The summed E-state index contributed by atoms with van der Waals surface area (Å²) in [6, 6.07) is 10.5. The average molecular weight is 399 g/mol. The molecule has 156 valence electrons. The zero-order valence-electron chi connectivity index (χ0n) is 17.7. The largest absolute Gasteiger partial charge is 0.475 e. The van der Waals surface area contributed by atoms with E-state index in [1.807, 2.05) is 58.9 Å². The number of benzene rings is 1. The lowest BCUT2D eigenvalue weighted by atomic mass is 10.1. The Morgan fingerprint density at radius 1 is 1.03 bits per heavy atom. The van der Waals surface area contributed by atoms with Gasteiger partial charge in [-0.1, -0.05) is 12.1 Å². The molecular weight excluding hydrogens is 368 g/mol. The molecule has 0 aliphatic carbocycles. The van der Waals surface area contributed by atoms with Crippen LogP contribution in [0.25, 0.3) is 0 Å². The third-order valence-electron chi connectivity index (χ3n) is 4.42. The van der Waals surface area contributed by atoms with Gasteiger partial charge in [0.25, 0.3) is 5.91 Å². The summed E-state index contributed by atoms with van der Waals surface area (Å²) in [4.78, 5) is 30.5. The number of carbonyl (C=O) groups excluding carboxylic acids is 2. The van der Waals surface area contributed by atoms with Crippen molar-refractivity contribution in [1.29, 1.82) is 0 Å². The highest BCUT2D eigenvalue weighted by atomic mass is 16.5. The Morgan fingerprint density at radius 3 is 2.21 bits per heavy atom. The molecule has 1 aromatic carbocycles. The van der Waals surface area contributed by atoms with Crippen molar-refractivity contribution in [2.75, 3.05) is 18.4 Å². The highest BCUT2D eigenvalue weighted by Gasteiger charge is 2.13. The van der Waals surface area contributed by atoms with Crippen LogP contribution < -0.4 is 15.4 Å². The van der Waals surface area contributed by atoms with Crippen molar-refractivity contribution in [2.45, 2.75) is 46.8 Å². The van der Waals surface area contributed by atoms with Crippen LogP contribution in [0.4, 0.5) is 10.5 Å². The van der Waals surface area contributed by atoms with Gasteiger partial charge in [0.05, 0.1) is 17.7 Å². The molecule has 29 heavy (non-hydrogen) atoms. The van der Waals surface area contributed by atoms with Crippen molar-refractivity contribution >= 4 is 17.6 Å². The van der Waals surface area contributed by atoms with Gasteiger partial charge in [0.2, 0.25) is 5.88 Å². The fraction of sp³-hybridized carbons (Fsp3) is 0.409. The molecule has 0 radical (unpaired) electrons. The number of rotatable bonds is 8. The minimum Gasteiger partial charge on any atom is -0.475 e. The van der Waals surface area contributed by atoms with E-state index in [2.05, 4.69) is 15.6 Å². The van der Waals surface area contributed by atoms with Crippen molar-refractivity contribution in [1.82, 2.24) is 15.2 Å². The quantitative estimate of drug-likeness (QED) is 0.697. The summed E-state index contributed by atoms with van der Waals surface area (Å²) >= 11 is 0. The van der Waals surface area contributed by atoms with E-state index in [9.17, 15) is 9.59 Å². The Labute approximate surface area is 172 Å². The predicted molar refractivity (Wildman–Crippen MR) is 114 cm³/mol. The molecule has 1 atom stereocenters. The maximum Gasteiger partial charge on any atom is 0.321 e. The first-order valence-electron chi connectivity index (χ1n) is 9.93. The third-order valence-corrected chi connectivity index (χ3v) is 4.42. The molecule has 1 heterocycles. The standard InChI is InChI=1S/C22H30N4O3/c1-6-26(7-2)22(28)25-19-11-8-17(9-12-19)16(5)24-21(27)18-10-13-20(23-14-18)29-15(3)4/h8-16H,6-7H2,1-5H3,(H,24,27)(H,25,28). The van der Waals surface area contributed by atoms with Gasteiger partial charge in [-0.05, 0) is 58.4 Å². The van der Waals surface area contributed by atoms with Crippen molar-refractivity contribution in [2.24, 2.45) is 0 Å². The van der Waals surface area contributed by atoms with Crippen LogP contribution in [0.5, 0.6) is 5.88 Å². The number of urea groups is 1. The Bertz CT molecular complexity index is 800. The number of nitrogens with one attached hydrogen (secondary N) is 2.